The zero-order chi connectivity index (χ0) is 21.3. The van der Waals surface area contributed by atoms with Crippen molar-refractivity contribution in [2.24, 2.45) is 0 Å². The molecule has 2 aromatic carbocycles. The van der Waals surface area contributed by atoms with Crippen LogP contribution < -0.4 is 5.32 Å². The number of hydrogen-bond acceptors (Lipinski definition) is 6. The highest BCUT2D eigenvalue weighted by atomic mass is 16.6. The molecule has 154 valence electrons. The minimum Gasteiger partial charge on any atom is -0.380 e. The molecule has 1 fully saturated rings. The molecule has 2 heterocycles. The largest absolute Gasteiger partial charge is 0.380 e. The third-order valence-corrected chi connectivity index (χ3v) is 5.81. The van der Waals surface area contributed by atoms with Crippen molar-refractivity contribution < 1.29 is 9.66 Å². The van der Waals surface area contributed by atoms with Crippen molar-refractivity contribution in [3.63, 3.8) is 0 Å². The van der Waals surface area contributed by atoms with Crippen molar-refractivity contribution in [3.8, 4) is 6.07 Å². The summed E-state index contributed by atoms with van der Waals surface area (Å²) in [6.07, 6.45) is 4.19. The zero-order valence-corrected chi connectivity index (χ0v) is 16.9. The summed E-state index contributed by atoms with van der Waals surface area (Å²) < 4.78 is 5.52. The van der Waals surface area contributed by atoms with Gasteiger partial charge in [0.15, 0.2) is 0 Å². The number of nitro benzene ring substituents is 1. The Morgan fingerprint density at radius 3 is 2.90 bits per heavy atom. The van der Waals surface area contributed by atoms with E-state index in [1.165, 1.54) is 11.6 Å². The van der Waals surface area contributed by atoms with Crippen LogP contribution in [0.25, 0.3) is 10.9 Å². The van der Waals surface area contributed by atoms with Crippen LogP contribution in [-0.4, -0.2) is 47.7 Å². The number of nitrogens with one attached hydrogen (secondary N) is 2. The molecule has 8 nitrogen and oxygen atoms in total. The second-order valence-electron chi connectivity index (χ2n) is 7.69. The summed E-state index contributed by atoms with van der Waals surface area (Å²) in [6, 6.07) is 12.6. The number of nitro groups is 1. The van der Waals surface area contributed by atoms with Gasteiger partial charge in [0.25, 0.3) is 5.69 Å². The minimum absolute atomic E-state index is 0.123. The molecule has 0 spiro atoms. The summed E-state index contributed by atoms with van der Waals surface area (Å²) in [5.74, 6) is 0. The molecule has 2 N–H and O–H groups in total. The van der Waals surface area contributed by atoms with Crippen LogP contribution >= 0.6 is 0 Å². The van der Waals surface area contributed by atoms with E-state index < -0.39 is 4.92 Å². The number of methoxy groups -OCH3 is 1. The van der Waals surface area contributed by atoms with Gasteiger partial charge >= 0.3 is 0 Å². The van der Waals surface area contributed by atoms with Gasteiger partial charge in [0.05, 0.1) is 22.7 Å². The Kier molecular flexibility index (Phi) is 5.40. The SMILES string of the molecule is CO[C@@H]1C[C@@H](Cc2c[nH]c3ccc(Nc4ccc(C#N)cc4[N+](=O)[O-])cc23)N(C)C1. The number of rotatable bonds is 6. The van der Waals surface area contributed by atoms with Crippen molar-refractivity contribution in [3.05, 3.63) is 63.8 Å². The smallest absolute Gasteiger partial charge is 0.293 e. The predicted molar refractivity (Wildman–Crippen MR) is 115 cm³/mol. The van der Waals surface area contributed by atoms with Crippen molar-refractivity contribution in [2.75, 3.05) is 26.0 Å². The number of H-pyrrole nitrogens is 1. The van der Waals surface area contributed by atoms with Gasteiger partial charge in [0.1, 0.15) is 5.69 Å². The maximum absolute atomic E-state index is 11.4. The van der Waals surface area contributed by atoms with E-state index in [1.54, 1.807) is 19.2 Å². The fraction of sp³-hybridized carbons (Fsp3) is 0.318. The fourth-order valence-corrected chi connectivity index (χ4v) is 4.13. The normalized spacial score (nSPS) is 19.1. The van der Waals surface area contributed by atoms with E-state index in [4.69, 9.17) is 10.00 Å². The summed E-state index contributed by atoms with van der Waals surface area (Å²) in [7, 11) is 3.88. The molecule has 3 aromatic rings. The van der Waals surface area contributed by atoms with Gasteiger partial charge < -0.3 is 19.9 Å². The lowest BCUT2D eigenvalue weighted by Gasteiger charge is -2.18. The third-order valence-electron chi connectivity index (χ3n) is 5.81. The number of likely N-dealkylation sites (N-methyl/N-ethyl adjacent to an activating group) is 1. The Balaban J connectivity index is 1.61. The van der Waals surface area contributed by atoms with Crippen molar-refractivity contribution in [2.45, 2.75) is 25.0 Å². The van der Waals surface area contributed by atoms with Gasteiger partial charge in [0.2, 0.25) is 0 Å². The monoisotopic (exact) mass is 405 g/mol. The van der Waals surface area contributed by atoms with Crippen LogP contribution in [0.15, 0.2) is 42.6 Å². The molecule has 1 aliphatic rings. The van der Waals surface area contributed by atoms with Crippen molar-refractivity contribution in [1.82, 2.24) is 9.88 Å². The van der Waals surface area contributed by atoms with E-state index in [2.05, 4.69) is 22.2 Å². The first-order chi connectivity index (χ1) is 14.5. The molecule has 1 saturated heterocycles. The standard InChI is InChI=1S/C22H23N5O3/c1-26-13-18(30-2)10-17(26)8-15-12-24-20-6-4-16(9-19(15)20)25-21-5-3-14(11-23)7-22(21)27(28)29/h3-7,9,12,17-18,24-25H,8,10,13H2,1-2H3/t17-,18-/m1/s1. The molecule has 8 heteroatoms. The fourth-order valence-electron chi connectivity index (χ4n) is 4.13. The van der Waals surface area contributed by atoms with E-state index in [-0.39, 0.29) is 17.4 Å². The number of fused-ring (bicyclic) bond motifs is 1. The summed E-state index contributed by atoms with van der Waals surface area (Å²) in [5.41, 5.74) is 3.47. The molecule has 0 radical (unpaired) electrons. The first-order valence-electron chi connectivity index (χ1n) is 9.77. The molecule has 4 rings (SSSR count). The summed E-state index contributed by atoms with van der Waals surface area (Å²) in [4.78, 5) is 16.6. The lowest BCUT2D eigenvalue weighted by molar-refractivity contribution is -0.383. The molecule has 0 saturated carbocycles. The summed E-state index contributed by atoms with van der Waals surface area (Å²) in [5, 5.41) is 24.7. The highest BCUT2D eigenvalue weighted by Crippen LogP contribution is 2.32. The van der Waals surface area contributed by atoms with Gasteiger partial charge in [0, 0.05) is 48.5 Å². The number of aromatic nitrogens is 1. The molecular formula is C22H23N5O3. The second kappa shape index (κ2) is 8.14. The highest BCUT2D eigenvalue weighted by Gasteiger charge is 2.29. The Bertz CT molecular complexity index is 1130. The Morgan fingerprint density at radius 2 is 2.20 bits per heavy atom. The first-order valence-corrected chi connectivity index (χ1v) is 9.77. The molecule has 30 heavy (non-hydrogen) atoms. The van der Waals surface area contributed by atoms with E-state index in [0.717, 1.165) is 36.0 Å². The number of likely N-dealkylation sites (tertiary alicyclic amines) is 1. The molecule has 2 atom stereocenters. The summed E-state index contributed by atoms with van der Waals surface area (Å²) >= 11 is 0. The number of anilines is 2. The van der Waals surface area contributed by atoms with Gasteiger partial charge in [-0.1, -0.05) is 0 Å². The average Bonchev–Trinajstić information content (AvgIpc) is 3.31. The molecular weight excluding hydrogens is 382 g/mol. The van der Waals surface area contributed by atoms with Gasteiger partial charge in [-0.25, -0.2) is 0 Å². The number of nitrogens with zero attached hydrogens (tertiary/aromatic N) is 3. The summed E-state index contributed by atoms with van der Waals surface area (Å²) in [6.45, 7) is 0.929. The van der Waals surface area contributed by atoms with Crippen LogP contribution in [0.4, 0.5) is 17.1 Å². The lowest BCUT2D eigenvalue weighted by Crippen LogP contribution is -2.27. The average molecular weight is 405 g/mol. The van der Waals surface area contributed by atoms with Crippen LogP contribution in [0.5, 0.6) is 0 Å². The van der Waals surface area contributed by atoms with E-state index in [9.17, 15) is 10.1 Å². The highest BCUT2D eigenvalue weighted by molar-refractivity contribution is 5.88. The van der Waals surface area contributed by atoms with Crippen molar-refractivity contribution in [1.29, 1.82) is 5.26 Å². The van der Waals surface area contributed by atoms with E-state index >= 15 is 0 Å². The first kappa shape index (κ1) is 19.9. The van der Waals surface area contributed by atoms with Crippen molar-refractivity contribution >= 4 is 28.0 Å². The zero-order valence-electron chi connectivity index (χ0n) is 16.9. The second-order valence-corrected chi connectivity index (χ2v) is 7.69. The van der Waals surface area contributed by atoms with Gasteiger partial charge in [-0.3, -0.25) is 10.1 Å². The van der Waals surface area contributed by atoms with E-state index in [0.29, 0.717) is 11.7 Å². The Hall–Kier alpha value is -3.41. The van der Waals surface area contributed by atoms with Gasteiger partial charge in [-0.2, -0.15) is 5.26 Å². The topological polar surface area (TPSA) is 107 Å². The number of aromatic amines is 1. The Morgan fingerprint density at radius 1 is 1.37 bits per heavy atom. The van der Waals surface area contributed by atoms with Crippen LogP contribution in [0.2, 0.25) is 0 Å². The van der Waals surface area contributed by atoms with Crippen LogP contribution in [0.1, 0.15) is 17.5 Å². The molecule has 0 bridgehead atoms. The minimum atomic E-state index is -0.481. The number of ether oxygens (including phenoxy) is 1. The van der Waals surface area contributed by atoms with E-state index in [1.807, 2.05) is 30.5 Å². The predicted octanol–water partition coefficient (Wildman–Crippen LogP) is 3.95. The van der Waals surface area contributed by atoms with Crippen LogP contribution in [-0.2, 0) is 11.2 Å². The maximum Gasteiger partial charge on any atom is 0.293 e. The lowest BCUT2D eigenvalue weighted by atomic mass is 10.0. The quantitative estimate of drug-likeness (QED) is 0.475. The van der Waals surface area contributed by atoms with Gasteiger partial charge in [-0.05, 0) is 55.8 Å². The number of benzene rings is 2. The Labute approximate surface area is 174 Å². The van der Waals surface area contributed by atoms with Crippen LogP contribution in [0, 0.1) is 21.4 Å². The van der Waals surface area contributed by atoms with Crippen LogP contribution in [0.3, 0.4) is 0 Å². The number of hydrogen-bond donors (Lipinski definition) is 2. The molecule has 0 unspecified atom stereocenters. The molecule has 1 aromatic heterocycles. The molecule has 0 amide bonds. The third kappa shape index (κ3) is 3.85. The number of nitriles is 1. The van der Waals surface area contributed by atoms with Gasteiger partial charge in [-0.15, -0.1) is 0 Å². The molecule has 0 aliphatic carbocycles. The molecule has 1 aliphatic heterocycles. The maximum atomic E-state index is 11.4.